The number of nitrogens with zero attached hydrogens (tertiary/aromatic N) is 4. The molecule has 8 heteroatoms. The van der Waals surface area contributed by atoms with Gasteiger partial charge in [0.2, 0.25) is 5.91 Å². The average molecular weight is 396 g/mol. The van der Waals surface area contributed by atoms with E-state index in [2.05, 4.69) is 23.6 Å². The summed E-state index contributed by atoms with van der Waals surface area (Å²) in [5, 5.41) is 0. The fourth-order valence-corrected chi connectivity index (χ4v) is 4.56. The van der Waals surface area contributed by atoms with E-state index in [-0.39, 0.29) is 12.0 Å². The smallest absolute Gasteiger partial charge is 0.410 e. The number of likely N-dealkylation sites (tertiary alicyclic amines) is 1. The van der Waals surface area contributed by atoms with Gasteiger partial charge in [-0.2, -0.15) is 0 Å². The lowest BCUT2D eigenvalue weighted by Crippen LogP contribution is -2.49. The highest BCUT2D eigenvalue weighted by atomic mass is 16.6. The van der Waals surface area contributed by atoms with E-state index in [1.165, 1.54) is 0 Å². The van der Waals surface area contributed by atoms with Crippen LogP contribution in [-0.2, 0) is 9.53 Å². The van der Waals surface area contributed by atoms with E-state index >= 15 is 0 Å². The molecule has 3 aliphatic rings. The molecule has 0 atom stereocenters. The van der Waals surface area contributed by atoms with Crippen LogP contribution in [0.4, 0.5) is 4.79 Å². The molecule has 0 aromatic heterocycles. The predicted octanol–water partition coefficient (Wildman–Crippen LogP) is 0.565. The summed E-state index contributed by atoms with van der Waals surface area (Å²) in [5.41, 5.74) is 5.08. The first-order chi connectivity index (χ1) is 13.4. The summed E-state index contributed by atoms with van der Waals surface area (Å²) in [4.78, 5) is 33.1. The van der Waals surface area contributed by atoms with Crippen molar-refractivity contribution in [1.82, 2.24) is 19.6 Å². The Morgan fingerprint density at radius 1 is 1.11 bits per heavy atom. The van der Waals surface area contributed by atoms with Crippen molar-refractivity contribution in [2.24, 2.45) is 5.73 Å². The van der Waals surface area contributed by atoms with E-state index < -0.39 is 5.60 Å². The Labute approximate surface area is 168 Å². The minimum absolute atomic E-state index is 0.107. The first-order valence-corrected chi connectivity index (χ1v) is 10.8. The molecule has 0 unspecified atom stereocenters. The monoisotopic (exact) mass is 395 g/mol. The van der Waals surface area contributed by atoms with Crippen LogP contribution < -0.4 is 5.73 Å². The van der Waals surface area contributed by atoms with Crippen LogP contribution in [0, 0.1) is 0 Å². The number of piperazine rings is 1. The number of hydrogen-bond donors (Lipinski definition) is 1. The topological polar surface area (TPSA) is 82.3 Å². The molecule has 2 N–H and O–H groups in total. The molecule has 3 heterocycles. The highest BCUT2D eigenvalue weighted by Crippen LogP contribution is 2.33. The third-order valence-corrected chi connectivity index (χ3v) is 6.47. The average Bonchev–Trinajstić information content (AvgIpc) is 2.98. The number of carbonyl (C=O) groups is 2. The summed E-state index contributed by atoms with van der Waals surface area (Å²) in [6.45, 7) is 13.1. The van der Waals surface area contributed by atoms with Crippen molar-refractivity contribution in [2.75, 3.05) is 65.4 Å². The second-order valence-electron chi connectivity index (χ2n) is 8.72. The number of amides is 2. The molecule has 2 amide bonds. The van der Waals surface area contributed by atoms with Crippen molar-refractivity contribution in [1.29, 1.82) is 0 Å². The first kappa shape index (κ1) is 21.3. The first-order valence-electron chi connectivity index (χ1n) is 10.8. The maximum Gasteiger partial charge on any atom is 0.410 e. The van der Waals surface area contributed by atoms with E-state index in [1.807, 2.05) is 9.80 Å². The highest BCUT2D eigenvalue weighted by Gasteiger charge is 2.47. The van der Waals surface area contributed by atoms with Gasteiger partial charge in [-0.05, 0) is 26.8 Å². The zero-order valence-corrected chi connectivity index (χ0v) is 17.6. The summed E-state index contributed by atoms with van der Waals surface area (Å²) in [5.74, 6) is 0.107. The minimum atomic E-state index is -0.403. The van der Waals surface area contributed by atoms with Crippen molar-refractivity contribution in [3.05, 3.63) is 0 Å². The predicted molar refractivity (Wildman–Crippen MR) is 108 cm³/mol. The number of piperidine rings is 1. The molecule has 0 bridgehead atoms. The van der Waals surface area contributed by atoms with Crippen LogP contribution >= 0.6 is 0 Å². The molecule has 3 saturated heterocycles. The van der Waals surface area contributed by atoms with E-state index in [1.54, 1.807) is 0 Å². The Morgan fingerprint density at radius 2 is 1.79 bits per heavy atom. The van der Waals surface area contributed by atoms with Crippen LogP contribution in [0.5, 0.6) is 0 Å². The third kappa shape index (κ3) is 5.15. The summed E-state index contributed by atoms with van der Waals surface area (Å²) in [6.07, 6.45) is 2.63. The van der Waals surface area contributed by atoms with Gasteiger partial charge in [0.15, 0.2) is 0 Å². The zero-order chi connectivity index (χ0) is 20.1. The lowest BCUT2D eigenvalue weighted by Gasteiger charge is -2.37. The molecule has 0 aromatic rings. The van der Waals surface area contributed by atoms with Gasteiger partial charge in [-0.1, -0.05) is 0 Å². The summed E-state index contributed by atoms with van der Waals surface area (Å²) >= 11 is 0. The standard InChI is InChI=1S/C20H37N5O3/c1-17(2)23-14-12-22(13-15-23)8-3-9-25-16-20(28-19(25)27)5-10-24(11-6-20)18(26)4-7-21/h17H,3-16,21H2,1-2H3. The fourth-order valence-electron chi connectivity index (χ4n) is 4.56. The van der Waals surface area contributed by atoms with E-state index in [4.69, 9.17) is 10.5 Å². The lowest BCUT2D eigenvalue weighted by molar-refractivity contribution is -0.134. The summed E-state index contributed by atoms with van der Waals surface area (Å²) in [7, 11) is 0. The number of hydrogen-bond acceptors (Lipinski definition) is 6. The SMILES string of the molecule is CC(C)N1CCN(CCCN2CC3(CCN(C(=O)CCN)CC3)OC2=O)CC1. The van der Waals surface area contributed by atoms with E-state index in [0.717, 1.165) is 58.5 Å². The van der Waals surface area contributed by atoms with Crippen molar-refractivity contribution in [3.8, 4) is 0 Å². The van der Waals surface area contributed by atoms with Gasteiger partial charge in [0, 0.05) is 77.7 Å². The summed E-state index contributed by atoms with van der Waals surface area (Å²) in [6, 6.07) is 0.620. The van der Waals surface area contributed by atoms with Gasteiger partial charge in [0.05, 0.1) is 6.54 Å². The van der Waals surface area contributed by atoms with Crippen molar-refractivity contribution >= 4 is 12.0 Å². The maximum absolute atomic E-state index is 12.4. The number of nitrogens with two attached hydrogens (primary N) is 1. The van der Waals surface area contributed by atoms with Crippen molar-refractivity contribution in [2.45, 2.75) is 51.2 Å². The maximum atomic E-state index is 12.4. The second-order valence-corrected chi connectivity index (χ2v) is 8.72. The summed E-state index contributed by atoms with van der Waals surface area (Å²) < 4.78 is 5.78. The molecule has 3 rings (SSSR count). The van der Waals surface area contributed by atoms with E-state index in [9.17, 15) is 9.59 Å². The third-order valence-electron chi connectivity index (χ3n) is 6.47. The van der Waals surface area contributed by atoms with Crippen LogP contribution in [0.2, 0.25) is 0 Å². The number of rotatable bonds is 7. The Bertz CT molecular complexity index is 540. The Morgan fingerprint density at radius 3 is 2.39 bits per heavy atom. The normalized spacial score (nSPS) is 23.6. The molecule has 160 valence electrons. The molecule has 0 aliphatic carbocycles. The molecule has 3 aliphatic heterocycles. The van der Waals surface area contributed by atoms with Crippen LogP contribution in [-0.4, -0.2) is 109 Å². The molecule has 28 heavy (non-hydrogen) atoms. The Balaban J connectivity index is 1.38. The van der Waals surface area contributed by atoms with Gasteiger partial charge in [-0.25, -0.2) is 4.79 Å². The van der Waals surface area contributed by atoms with Crippen LogP contribution in [0.15, 0.2) is 0 Å². The van der Waals surface area contributed by atoms with Crippen LogP contribution in [0.1, 0.15) is 39.5 Å². The quantitative estimate of drug-likeness (QED) is 0.679. The van der Waals surface area contributed by atoms with Crippen LogP contribution in [0.25, 0.3) is 0 Å². The molecule has 0 aromatic carbocycles. The van der Waals surface area contributed by atoms with Gasteiger partial charge in [-0.3, -0.25) is 9.69 Å². The van der Waals surface area contributed by atoms with Crippen molar-refractivity contribution < 1.29 is 14.3 Å². The number of ether oxygens (including phenoxy) is 1. The van der Waals surface area contributed by atoms with Gasteiger partial charge >= 0.3 is 6.09 Å². The van der Waals surface area contributed by atoms with E-state index in [0.29, 0.717) is 38.6 Å². The Hall–Kier alpha value is -1.38. The molecule has 3 fully saturated rings. The van der Waals surface area contributed by atoms with Crippen LogP contribution in [0.3, 0.4) is 0 Å². The zero-order valence-electron chi connectivity index (χ0n) is 17.6. The minimum Gasteiger partial charge on any atom is -0.441 e. The largest absolute Gasteiger partial charge is 0.441 e. The van der Waals surface area contributed by atoms with Gasteiger partial charge in [-0.15, -0.1) is 0 Å². The lowest BCUT2D eigenvalue weighted by atomic mass is 9.91. The molecule has 0 radical (unpaired) electrons. The number of carbonyl (C=O) groups excluding carboxylic acids is 2. The molecule has 0 saturated carbocycles. The Kier molecular flexibility index (Phi) is 7.17. The van der Waals surface area contributed by atoms with Gasteiger partial charge in [0.1, 0.15) is 5.60 Å². The fraction of sp³-hybridized carbons (Fsp3) is 0.900. The highest BCUT2D eigenvalue weighted by molar-refractivity contribution is 5.76. The molecule has 8 nitrogen and oxygen atoms in total. The molecular formula is C20H37N5O3. The van der Waals surface area contributed by atoms with Crippen molar-refractivity contribution in [3.63, 3.8) is 0 Å². The second kappa shape index (κ2) is 9.41. The van der Waals surface area contributed by atoms with Gasteiger partial charge in [0.25, 0.3) is 0 Å². The molecular weight excluding hydrogens is 358 g/mol. The van der Waals surface area contributed by atoms with Gasteiger partial charge < -0.3 is 25.2 Å². The molecule has 1 spiro atoms.